The molecule has 4 nitrogen and oxygen atoms in total. The van der Waals surface area contributed by atoms with Crippen LogP contribution in [0.1, 0.15) is 18.4 Å². The highest BCUT2D eigenvalue weighted by atomic mass is 16.3. The minimum atomic E-state index is 0.827. The molecule has 4 heterocycles. The van der Waals surface area contributed by atoms with E-state index in [0.29, 0.717) is 0 Å². The predicted molar refractivity (Wildman–Crippen MR) is 241 cm³/mol. The van der Waals surface area contributed by atoms with Gasteiger partial charge >= 0.3 is 0 Å². The zero-order chi connectivity index (χ0) is 38.2. The van der Waals surface area contributed by atoms with E-state index in [0.717, 1.165) is 95.8 Å². The van der Waals surface area contributed by atoms with Gasteiger partial charge in [0.1, 0.15) is 5.58 Å². The standard InChI is InChI=1S/C54H35N3O/c1-4-11-34(12-5-1)39-21-26-42-43-27-22-40(35-13-6-2-7-14-35)32-50(43)57(49(42)31-39)48-18-10-17-45-44-28-23-41(33-51(44)58-54(45)48)47-30-25-38-20-19-37-24-29-46(36-15-8-3-9-16-36)55-52(37)53(38)56-47/h1,3-6,8-33H,2,7H2. The van der Waals surface area contributed by atoms with E-state index in [2.05, 4.69) is 174 Å². The van der Waals surface area contributed by atoms with E-state index < -0.39 is 0 Å². The van der Waals surface area contributed by atoms with Crippen LogP contribution in [0.15, 0.2) is 193 Å². The summed E-state index contributed by atoms with van der Waals surface area (Å²) >= 11 is 0. The molecule has 0 saturated carbocycles. The van der Waals surface area contributed by atoms with Gasteiger partial charge in [-0.15, -0.1) is 0 Å². The number of pyridine rings is 2. The van der Waals surface area contributed by atoms with Gasteiger partial charge in [-0.25, -0.2) is 9.97 Å². The van der Waals surface area contributed by atoms with Crippen LogP contribution in [0.3, 0.4) is 0 Å². The van der Waals surface area contributed by atoms with Crippen molar-refractivity contribution in [2.75, 3.05) is 0 Å². The van der Waals surface area contributed by atoms with Crippen LogP contribution in [0.5, 0.6) is 0 Å². The number of fused-ring (bicyclic) bond motifs is 9. The maximum Gasteiger partial charge on any atom is 0.159 e. The van der Waals surface area contributed by atoms with Gasteiger partial charge in [-0.1, -0.05) is 146 Å². The number of hydrogen-bond donors (Lipinski definition) is 0. The molecule has 12 rings (SSSR count). The van der Waals surface area contributed by atoms with Crippen molar-refractivity contribution in [2.45, 2.75) is 12.8 Å². The first-order valence-corrected chi connectivity index (χ1v) is 20.0. The van der Waals surface area contributed by atoms with Crippen LogP contribution in [0.4, 0.5) is 0 Å². The van der Waals surface area contributed by atoms with Crippen molar-refractivity contribution in [1.29, 1.82) is 0 Å². The molecule has 0 N–H and O–H groups in total. The van der Waals surface area contributed by atoms with E-state index >= 15 is 0 Å². The Kier molecular flexibility index (Phi) is 7.32. The largest absolute Gasteiger partial charge is 0.454 e. The first-order chi connectivity index (χ1) is 28.7. The smallest absolute Gasteiger partial charge is 0.159 e. The Bertz CT molecular complexity index is 3500. The minimum absolute atomic E-state index is 0.827. The summed E-state index contributed by atoms with van der Waals surface area (Å²) in [4.78, 5) is 10.4. The van der Waals surface area contributed by atoms with Gasteiger partial charge in [0.15, 0.2) is 5.58 Å². The number of furan rings is 1. The predicted octanol–water partition coefficient (Wildman–Crippen LogP) is 14.5. The molecular weight excluding hydrogens is 707 g/mol. The summed E-state index contributed by atoms with van der Waals surface area (Å²) in [6.07, 6.45) is 9.03. The molecule has 7 aromatic carbocycles. The second-order valence-corrected chi connectivity index (χ2v) is 15.2. The van der Waals surface area contributed by atoms with Crippen molar-refractivity contribution >= 4 is 71.1 Å². The molecule has 4 aromatic heterocycles. The Balaban J connectivity index is 1.04. The van der Waals surface area contributed by atoms with Crippen LogP contribution in [-0.4, -0.2) is 14.5 Å². The Morgan fingerprint density at radius 3 is 1.78 bits per heavy atom. The van der Waals surface area contributed by atoms with Crippen LogP contribution in [-0.2, 0) is 0 Å². The third-order valence-electron chi connectivity index (χ3n) is 11.8. The van der Waals surface area contributed by atoms with Crippen LogP contribution >= 0.6 is 0 Å². The van der Waals surface area contributed by atoms with Crippen molar-refractivity contribution in [3.63, 3.8) is 0 Å². The molecule has 272 valence electrons. The lowest BCUT2D eigenvalue weighted by Gasteiger charge is -2.11. The van der Waals surface area contributed by atoms with Crippen LogP contribution in [0.2, 0.25) is 0 Å². The fourth-order valence-electron chi connectivity index (χ4n) is 8.91. The highest BCUT2D eigenvalue weighted by Gasteiger charge is 2.20. The highest BCUT2D eigenvalue weighted by Crippen LogP contribution is 2.41. The van der Waals surface area contributed by atoms with Gasteiger partial charge in [0.2, 0.25) is 0 Å². The Hall–Kier alpha value is -7.56. The quantitative estimate of drug-likeness (QED) is 0.165. The normalized spacial score (nSPS) is 13.1. The van der Waals surface area contributed by atoms with Crippen molar-refractivity contribution in [1.82, 2.24) is 14.5 Å². The molecule has 4 heteroatoms. The molecular formula is C54H35N3O. The summed E-state index contributed by atoms with van der Waals surface area (Å²) in [7, 11) is 0. The summed E-state index contributed by atoms with van der Waals surface area (Å²) in [6, 6.07) is 60.4. The summed E-state index contributed by atoms with van der Waals surface area (Å²) in [5.41, 5.74) is 15.5. The second-order valence-electron chi connectivity index (χ2n) is 15.2. The monoisotopic (exact) mass is 741 g/mol. The van der Waals surface area contributed by atoms with Gasteiger partial charge in [0, 0.05) is 43.4 Å². The lowest BCUT2D eigenvalue weighted by atomic mass is 9.98. The fraction of sp³-hybridized carbons (Fsp3) is 0.0370. The van der Waals surface area contributed by atoms with Crippen LogP contribution < -0.4 is 0 Å². The van der Waals surface area contributed by atoms with Crippen LogP contribution in [0.25, 0.3) is 110 Å². The first kappa shape index (κ1) is 32.7. The van der Waals surface area contributed by atoms with Crippen molar-refractivity contribution < 1.29 is 4.42 Å². The highest BCUT2D eigenvalue weighted by molar-refractivity contribution is 6.14. The molecule has 0 amide bonds. The molecule has 0 bridgehead atoms. The minimum Gasteiger partial charge on any atom is -0.454 e. The number of para-hydroxylation sites is 1. The maximum atomic E-state index is 6.97. The molecule has 1 aliphatic rings. The van der Waals surface area contributed by atoms with E-state index in [1.165, 1.54) is 33.0 Å². The van der Waals surface area contributed by atoms with Crippen molar-refractivity contribution in [3.05, 3.63) is 194 Å². The molecule has 0 atom stereocenters. The van der Waals surface area contributed by atoms with Crippen LogP contribution in [0, 0.1) is 0 Å². The zero-order valence-electron chi connectivity index (χ0n) is 31.6. The topological polar surface area (TPSA) is 43.9 Å². The van der Waals surface area contributed by atoms with Gasteiger partial charge in [-0.05, 0) is 77.6 Å². The van der Waals surface area contributed by atoms with Crippen molar-refractivity contribution in [2.24, 2.45) is 0 Å². The number of benzene rings is 7. The van der Waals surface area contributed by atoms with E-state index in [9.17, 15) is 0 Å². The summed E-state index contributed by atoms with van der Waals surface area (Å²) in [6.45, 7) is 0. The summed E-state index contributed by atoms with van der Waals surface area (Å²) in [5, 5.41) is 6.71. The van der Waals surface area contributed by atoms with Gasteiger partial charge in [-0.3, -0.25) is 0 Å². The van der Waals surface area contributed by atoms with Gasteiger partial charge in [0.25, 0.3) is 0 Å². The number of allylic oxidation sites excluding steroid dienone is 4. The third kappa shape index (κ3) is 5.23. The molecule has 0 spiro atoms. The number of nitrogens with zero attached hydrogens (tertiary/aromatic N) is 3. The van der Waals surface area contributed by atoms with E-state index in [1.807, 2.05) is 18.2 Å². The molecule has 0 fully saturated rings. The van der Waals surface area contributed by atoms with Gasteiger partial charge in [0.05, 0.1) is 39.1 Å². The molecule has 0 aliphatic heterocycles. The second kappa shape index (κ2) is 13.0. The Labute approximate surface area is 334 Å². The van der Waals surface area contributed by atoms with E-state index in [-0.39, 0.29) is 0 Å². The average molecular weight is 742 g/mol. The lowest BCUT2D eigenvalue weighted by molar-refractivity contribution is 0.666. The Morgan fingerprint density at radius 1 is 0.448 bits per heavy atom. The zero-order valence-corrected chi connectivity index (χ0v) is 31.6. The molecule has 11 aromatic rings. The van der Waals surface area contributed by atoms with Crippen molar-refractivity contribution in [3.8, 4) is 39.3 Å². The lowest BCUT2D eigenvalue weighted by Crippen LogP contribution is -1.95. The number of aromatic nitrogens is 3. The Morgan fingerprint density at radius 2 is 1.07 bits per heavy atom. The maximum absolute atomic E-state index is 6.97. The molecule has 1 aliphatic carbocycles. The molecule has 0 saturated heterocycles. The van der Waals surface area contributed by atoms with Gasteiger partial charge < -0.3 is 8.98 Å². The summed E-state index contributed by atoms with van der Waals surface area (Å²) < 4.78 is 9.38. The summed E-state index contributed by atoms with van der Waals surface area (Å²) in [5.74, 6) is 0. The first-order valence-electron chi connectivity index (χ1n) is 20.0. The number of hydrogen-bond acceptors (Lipinski definition) is 3. The van der Waals surface area contributed by atoms with Gasteiger partial charge in [-0.2, -0.15) is 0 Å². The van der Waals surface area contributed by atoms with E-state index in [4.69, 9.17) is 14.4 Å². The SMILES string of the molecule is C1=CC(c2ccc3c4ccc(-c5ccccc5)cc4n(-c4cccc5c4oc4cc(-c6ccc7ccc8ccc(-c9ccccc9)nc8c7n6)ccc45)c3c2)=CCC1. The number of rotatable bonds is 5. The molecule has 58 heavy (non-hydrogen) atoms. The average Bonchev–Trinajstić information content (AvgIpc) is 3.84. The van der Waals surface area contributed by atoms with E-state index in [1.54, 1.807) is 0 Å². The molecule has 0 radical (unpaired) electrons. The molecule has 0 unspecified atom stereocenters. The third-order valence-corrected chi connectivity index (χ3v) is 11.8. The fourth-order valence-corrected chi connectivity index (χ4v) is 8.91.